The highest BCUT2D eigenvalue weighted by atomic mass is 19.3. The van der Waals surface area contributed by atoms with E-state index in [1.165, 1.54) is 4.57 Å². The maximum Gasteiger partial charge on any atom is 0.296 e. The minimum Gasteiger partial charge on any atom is -0.378 e. The van der Waals surface area contributed by atoms with Gasteiger partial charge in [-0.25, -0.2) is 13.8 Å². The van der Waals surface area contributed by atoms with Crippen molar-refractivity contribution in [1.29, 1.82) is 0 Å². The second-order valence-electron chi connectivity index (χ2n) is 8.37. The summed E-state index contributed by atoms with van der Waals surface area (Å²) in [6, 6.07) is 9.17. The highest BCUT2D eigenvalue weighted by molar-refractivity contribution is 5.78. The van der Waals surface area contributed by atoms with Crippen LogP contribution in [0, 0.1) is 0 Å². The molecule has 0 unspecified atom stereocenters. The van der Waals surface area contributed by atoms with Crippen LogP contribution >= 0.6 is 0 Å². The van der Waals surface area contributed by atoms with Gasteiger partial charge in [-0.05, 0) is 37.8 Å². The molecule has 3 aromatic rings. The molecular formula is C22H27F2N7O. The minimum atomic E-state index is -2.74. The SMILES string of the molecule is N[C@@H]1CCC[C@H](Nc2cc(-n3c(C(F)F)nc4ccccc43)nc(N3CCOCC3)n2)C1. The Bertz CT molecular complexity index is 1080. The molecule has 8 nitrogen and oxygen atoms in total. The first-order valence-electron chi connectivity index (χ1n) is 11.1. The van der Waals surface area contributed by atoms with Crippen molar-refractivity contribution in [2.24, 2.45) is 5.73 Å². The summed E-state index contributed by atoms with van der Waals surface area (Å²) in [6.45, 7) is 2.43. The number of rotatable bonds is 5. The fraction of sp³-hybridized carbons (Fsp3) is 0.500. The quantitative estimate of drug-likeness (QED) is 0.625. The standard InChI is InChI=1S/C22H27F2N7O/c23-20(24)21-27-16-6-1-2-7-17(16)31(21)19-13-18(26-15-5-3-4-14(25)12-15)28-22(29-19)30-8-10-32-11-9-30/h1-2,6-7,13-15,20H,3-5,8-12,25H2,(H,26,28,29)/t14-,15+/m1/s1. The van der Waals surface area contributed by atoms with Crippen molar-refractivity contribution in [2.45, 2.75) is 44.2 Å². The molecule has 2 atom stereocenters. The molecule has 0 bridgehead atoms. The Labute approximate surface area is 184 Å². The summed E-state index contributed by atoms with van der Waals surface area (Å²) in [5, 5.41) is 3.48. The van der Waals surface area contributed by atoms with Gasteiger partial charge in [0.15, 0.2) is 5.82 Å². The van der Waals surface area contributed by atoms with Crippen LogP contribution in [0.4, 0.5) is 20.5 Å². The zero-order valence-corrected chi connectivity index (χ0v) is 17.8. The molecule has 0 amide bonds. The number of anilines is 2. The number of nitrogens with two attached hydrogens (primary N) is 1. The van der Waals surface area contributed by atoms with Crippen LogP contribution in [0.3, 0.4) is 0 Å². The van der Waals surface area contributed by atoms with Crippen molar-refractivity contribution in [3.05, 3.63) is 36.2 Å². The summed E-state index contributed by atoms with van der Waals surface area (Å²) in [4.78, 5) is 15.6. The van der Waals surface area contributed by atoms with Crippen LogP contribution in [-0.4, -0.2) is 57.9 Å². The van der Waals surface area contributed by atoms with Crippen molar-refractivity contribution in [3.63, 3.8) is 0 Å². The Morgan fingerprint density at radius 2 is 1.91 bits per heavy atom. The number of ether oxygens (including phenoxy) is 1. The van der Waals surface area contributed by atoms with Crippen molar-refractivity contribution >= 4 is 22.8 Å². The zero-order chi connectivity index (χ0) is 22.1. The molecule has 2 aromatic heterocycles. The molecule has 32 heavy (non-hydrogen) atoms. The molecule has 0 spiro atoms. The fourth-order valence-electron chi connectivity index (χ4n) is 4.51. The van der Waals surface area contributed by atoms with E-state index >= 15 is 0 Å². The van der Waals surface area contributed by atoms with Gasteiger partial charge in [-0.1, -0.05) is 12.1 Å². The van der Waals surface area contributed by atoms with Crippen LogP contribution < -0.4 is 16.0 Å². The molecule has 2 aliphatic rings. The van der Waals surface area contributed by atoms with Gasteiger partial charge >= 0.3 is 0 Å². The number of alkyl halides is 2. The van der Waals surface area contributed by atoms with Crippen molar-refractivity contribution in [2.75, 3.05) is 36.5 Å². The molecule has 5 rings (SSSR count). The second-order valence-corrected chi connectivity index (χ2v) is 8.37. The molecule has 1 aliphatic carbocycles. The molecule has 10 heteroatoms. The van der Waals surface area contributed by atoms with E-state index in [1.54, 1.807) is 24.3 Å². The Morgan fingerprint density at radius 3 is 2.69 bits per heavy atom. The monoisotopic (exact) mass is 443 g/mol. The number of imidazole rings is 1. The highest BCUT2D eigenvalue weighted by Gasteiger charge is 2.25. The summed E-state index contributed by atoms with van der Waals surface area (Å²) in [5.74, 6) is 1.14. The van der Waals surface area contributed by atoms with Gasteiger partial charge < -0.3 is 20.7 Å². The Balaban J connectivity index is 1.60. The van der Waals surface area contributed by atoms with Crippen molar-refractivity contribution in [1.82, 2.24) is 19.5 Å². The fourth-order valence-corrected chi connectivity index (χ4v) is 4.51. The summed E-state index contributed by atoms with van der Waals surface area (Å²) in [5.41, 5.74) is 7.24. The number of aromatic nitrogens is 4. The van der Waals surface area contributed by atoms with Gasteiger partial charge in [0.2, 0.25) is 5.95 Å². The van der Waals surface area contributed by atoms with E-state index in [2.05, 4.69) is 15.3 Å². The summed E-state index contributed by atoms with van der Waals surface area (Å²) in [6.07, 6.45) is 1.18. The lowest BCUT2D eigenvalue weighted by Gasteiger charge is -2.30. The van der Waals surface area contributed by atoms with E-state index in [9.17, 15) is 8.78 Å². The number of para-hydroxylation sites is 2. The summed E-state index contributed by atoms with van der Waals surface area (Å²) < 4.78 is 34.8. The normalized spacial score (nSPS) is 21.9. The van der Waals surface area contributed by atoms with E-state index in [0.29, 0.717) is 54.9 Å². The van der Waals surface area contributed by atoms with E-state index in [-0.39, 0.29) is 17.9 Å². The second kappa shape index (κ2) is 8.95. The van der Waals surface area contributed by atoms with Gasteiger partial charge in [-0.15, -0.1) is 0 Å². The molecular weight excluding hydrogens is 416 g/mol. The number of hydrogen-bond acceptors (Lipinski definition) is 7. The minimum absolute atomic E-state index is 0.157. The van der Waals surface area contributed by atoms with Crippen LogP contribution in [0.2, 0.25) is 0 Å². The lowest BCUT2D eigenvalue weighted by molar-refractivity contribution is 0.122. The number of halogens is 2. The third kappa shape index (κ3) is 4.24. The van der Waals surface area contributed by atoms with Gasteiger partial charge in [0, 0.05) is 31.2 Å². The highest BCUT2D eigenvalue weighted by Crippen LogP contribution is 2.30. The smallest absolute Gasteiger partial charge is 0.296 e. The largest absolute Gasteiger partial charge is 0.378 e. The molecule has 1 saturated carbocycles. The van der Waals surface area contributed by atoms with Gasteiger partial charge in [0.05, 0.1) is 24.2 Å². The van der Waals surface area contributed by atoms with E-state index < -0.39 is 6.43 Å². The van der Waals surface area contributed by atoms with E-state index in [1.807, 2.05) is 11.0 Å². The molecule has 2 fully saturated rings. The zero-order valence-electron chi connectivity index (χ0n) is 17.8. The molecule has 170 valence electrons. The Morgan fingerprint density at radius 1 is 1.09 bits per heavy atom. The van der Waals surface area contributed by atoms with Gasteiger partial charge in [-0.3, -0.25) is 4.57 Å². The topological polar surface area (TPSA) is 94.1 Å². The van der Waals surface area contributed by atoms with Gasteiger partial charge in [0.1, 0.15) is 11.6 Å². The maximum absolute atomic E-state index is 13.9. The number of benzene rings is 1. The first kappa shape index (κ1) is 21.0. The molecule has 3 N–H and O–H groups in total. The van der Waals surface area contributed by atoms with Gasteiger partial charge in [-0.2, -0.15) is 9.97 Å². The predicted octanol–water partition coefficient (Wildman–Crippen LogP) is 3.27. The number of nitrogens with one attached hydrogen (secondary N) is 1. The number of fused-ring (bicyclic) bond motifs is 1. The van der Waals surface area contributed by atoms with Crippen molar-refractivity contribution < 1.29 is 13.5 Å². The molecule has 1 saturated heterocycles. The lowest BCUT2D eigenvalue weighted by Crippen LogP contribution is -2.38. The maximum atomic E-state index is 13.9. The van der Waals surface area contributed by atoms with Crippen molar-refractivity contribution in [3.8, 4) is 5.82 Å². The number of morpholine rings is 1. The summed E-state index contributed by atoms with van der Waals surface area (Å²) >= 11 is 0. The molecule has 3 heterocycles. The van der Waals surface area contributed by atoms with Crippen LogP contribution in [-0.2, 0) is 4.74 Å². The Kier molecular flexibility index (Phi) is 5.88. The average Bonchev–Trinajstić information content (AvgIpc) is 3.20. The lowest BCUT2D eigenvalue weighted by atomic mass is 9.92. The van der Waals surface area contributed by atoms with Crippen LogP contribution in [0.25, 0.3) is 16.9 Å². The number of hydrogen-bond donors (Lipinski definition) is 2. The molecule has 1 aliphatic heterocycles. The Hall–Kier alpha value is -2.85. The predicted molar refractivity (Wildman–Crippen MR) is 119 cm³/mol. The van der Waals surface area contributed by atoms with E-state index in [4.69, 9.17) is 15.5 Å². The van der Waals surface area contributed by atoms with Crippen LogP contribution in [0.1, 0.15) is 37.9 Å². The summed E-state index contributed by atoms with van der Waals surface area (Å²) in [7, 11) is 0. The average molecular weight is 444 g/mol. The van der Waals surface area contributed by atoms with E-state index in [0.717, 1.165) is 25.7 Å². The first-order valence-corrected chi connectivity index (χ1v) is 11.1. The third-order valence-corrected chi connectivity index (χ3v) is 6.07. The molecule has 0 radical (unpaired) electrons. The molecule has 1 aromatic carbocycles. The van der Waals surface area contributed by atoms with Gasteiger partial charge in [0.25, 0.3) is 6.43 Å². The number of nitrogens with zero attached hydrogens (tertiary/aromatic N) is 5. The van der Waals surface area contributed by atoms with Crippen LogP contribution in [0.5, 0.6) is 0 Å². The first-order chi connectivity index (χ1) is 15.6. The third-order valence-electron chi connectivity index (χ3n) is 6.07. The van der Waals surface area contributed by atoms with Crippen LogP contribution in [0.15, 0.2) is 30.3 Å².